The van der Waals surface area contributed by atoms with Gasteiger partial charge < -0.3 is 5.32 Å². The van der Waals surface area contributed by atoms with E-state index in [1.165, 1.54) is 0 Å². The summed E-state index contributed by atoms with van der Waals surface area (Å²) < 4.78 is 11.0. The molecule has 0 saturated carbocycles. The number of pyridine rings is 1. The molecule has 3 nitrogen and oxygen atoms in total. The van der Waals surface area contributed by atoms with Crippen LogP contribution in [0.15, 0.2) is 18.5 Å². The minimum atomic E-state index is -0.767. The number of nitrogens with zero attached hydrogens (tertiary/aromatic N) is 1. The molecule has 84 valence electrons. The van der Waals surface area contributed by atoms with E-state index in [9.17, 15) is 4.21 Å². The Morgan fingerprint density at radius 1 is 1.67 bits per heavy atom. The molecule has 0 aliphatic heterocycles. The molecule has 0 aliphatic carbocycles. The smallest absolute Gasteiger partial charge is 0.0634 e. The lowest BCUT2D eigenvalue weighted by Crippen LogP contribution is -2.30. The van der Waals surface area contributed by atoms with Gasteiger partial charge in [-0.25, -0.2) is 0 Å². The number of hydrogen-bond acceptors (Lipinski definition) is 3. The van der Waals surface area contributed by atoms with Gasteiger partial charge in [-0.05, 0) is 18.6 Å². The van der Waals surface area contributed by atoms with Gasteiger partial charge in [-0.2, -0.15) is 0 Å². The van der Waals surface area contributed by atoms with Crippen LogP contribution in [0.4, 0.5) is 0 Å². The highest BCUT2D eigenvalue weighted by Crippen LogP contribution is 2.12. The summed E-state index contributed by atoms with van der Waals surface area (Å²) in [4.78, 5) is 3.91. The summed E-state index contributed by atoms with van der Waals surface area (Å²) >= 11 is 5.95. The molecular weight excluding hydrogens is 232 g/mol. The van der Waals surface area contributed by atoms with Crippen LogP contribution in [0.25, 0.3) is 0 Å². The Hall–Kier alpha value is -0.450. The molecular formula is C10H15ClN2OS. The fraction of sp³-hybridized carbons (Fsp3) is 0.500. The van der Waals surface area contributed by atoms with Crippen LogP contribution in [0.2, 0.25) is 5.02 Å². The molecule has 1 aromatic rings. The predicted molar refractivity (Wildman–Crippen MR) is 64.5 cm³/mol. The van der Waals surface area contributed by atoms with Crippen LogP contribution >= 0.6 is 11.6 Å². The molecule has 0 saturated heterocycles. The molecule has 0 spiro atoms. The molecule has 15 heavy (non-hydrogen) atoms. The van der Waals surface area contributed by atoms with Crippen molar-refractivity contribution >= 4 is 22.4 Å². The fourth-order valence-corrected chi connectivity index (χ4v) is 2.25. The number of halogens is 1. The zero-order valence-corrected chi connectivity index (χ0v) is 10.4. The third-order valence-electron chi connectivity index (χ3n) is 1.98. The van der Waals surface area contributed by atoms with Crippen LogP contribution < -0.4 is 5.32 Å². The van der Waals surface area contributed by atoms with Crippen LogP contribution in [0, 0.1) is 0 Å². The lowest BCUT2D eigenvalue weighted by Gasteiger charge is -2.12. The maximum Gasteiger partial charge on any atom is 0.0634 e. The van der Waals surface area contributed by atoms with E-state index in [0.29, 0.717) is 17.3 Å². The van der Waals surface area contributed by atoms with Gasteiger partial charge in [0.25, 0.3) is 0 Å². The number of aromatic nitrogens is 1. The third-order valence-corrected chi connectivity index (χ3v) is 3.29. The van der Waals surface area contributed by atoms with Gasteiger partial charge in [0.1, 0.15) is 0 Å². The molecule has 0 aromatic carbocycles. The van der Waals surface area contributed by atoms with Crippen molar-refractivity contribution in [2.24, 2.45) is 0 Å². The number of nitrogens with one attached hydrogen (secondary N) is 1. The quantitative estimate of drug-likeness (QED) is 0.858. The van der Waals surface area contributed by atoms with Crippen LogP contribution in [-0.4, -0.2) is 27.2 Å². The second-order valence-corrected chi connectivity index (χ2v) is 5.38. The second-order valence-electron chi connectivity index (χ2n) is 3.49. The molecule has 0 radical (unpaired) electrons. The SMILES string of the molecule is CC(CS(C)=O)NCc1ccncc1Cl. The minimum Gasteiger partial charge on any atom is -0.309 e. The van der Waals surface area contributed by atoms with E-state index in [1.54, 1.807) is 18.6 Å². The Morgan fingerprint density at radius 2 is 2.40 bits per heavy atom. The first-order valence-corrected chi connectivity index (χ1v) is 6.82. The highest BCUT2D eigenvalue weighted by Gasteiger charge is 2.05. The van der Waals surface area contributed by atoms with Crippen molar-refractivity contribution in [2.75, 3.05) is 12.0 Å². The van der Waals surface area contributed by atoms with Crippen molar-refractivity contribution in [3.8, 4) is 0 Å². The van der Waals surface area contributed by atoms with E-state index >= 15 is 0 Å². The zero-order chi connectivity index (χ0) is 11.3. The minimum absolute atomic E-state index is 0.222. The average Bonchev–Trinajstić information content (AvgIpc) is 2.15. The topological polar surface area (TPSA) is 42.0 Å². The van der Waals surface area contributed by atoms with Crippen molar-refractivity contribution in [1.29, 1.82) is 0 Å². The van der Waals surface area contributed by atoms with Crippen LogP contribution in [0.1, 0.15) is 12.5 Å². The van der Waals surface area contributed by atoms with Gasteiger partial charge in [-0.15, -0.1) is 0 Å². The predicted octanol–water partition coefficient (Wildman–Crippen LogP) is 1.59. The molecule has 0 fully saturated rings. The Labute approximate surface area is 97.7 Å². The Morgan fingerprint density at radius 3 is 3.00 bits per heavy atom. The molecule has 2 atom stereocenters. The average molecular weight is 247 g/mol. The van der Waals surface area contributed by atoms with Gasteiger partial charge in [0.15, 0.2) is 0 Å². The standard InChI is InChI=1S/C10H15ClN2OS/c1-8(7-15(2)14)13-5-9-3-4-12-6-10(9)11/h3-4,6,8,13H,5,7H2,1-2H3. The summed E-state index contributed by atoms with van der Waals surface area (Å²) in [6.07, 6.45) is 5.05. The Kier molecular flexibility index (Phi) is 5.22. The van der Waals surface area contributed by atoms with Crippen molar-refractivity contribution in [2.45, 2.75) is 19.5 Å². The summed E-state index contributed by atoms with van der Waals surface area (Å²) in [6, 6.07) is 2.10. The monoisotopic (exact) mass is 246 g/mol. The molecule has 1 N–H and O–H groups in total. The van der Waals surface area contributed by atoms with E-state index in [0.717, 1.165) is 5.56 Å². The van der Waals surface area contributed by atoms with E-state index in [1.807, 2.05) is 13.0 Å². The zero-order valence-electron chi connectivity index (χ0n) is 8.87. The van der Waals surface area contributed by atoms with Gasteiger partial charge >= 0.3 is 0 Å². The summed E-state index contributed by atoms with van der Waals surface area (Å²) in [5, 5.41) is 3.93. The molecule has 1 heterocycles. The highest BCUT2D eigenvalue weighted by atomic mass is 35.5. The maximum absolute atomic E-state index is 11.0. The van der Waals surface area contributed by atoms with Crippen LogP contribution in [-0.2, 0) is 17.3 Å². The first-order chi connectivity index (χ1) is 7.09. The van der Waals surface area contributed by atoms with E-state index in [2.05, 4.69) is 10.3 Å². The summed E-state index contributed by atoms with van der Waals surface area (Å²) in [6.45, 7) is 2.69. The lowest BCUT2D eigenvalue weighted by atomic mass is 10.2. The van der Waals surface area contributed by atoms with Gasteiger partial charge in [-0.3, -0.25) is 9.19 Å². The van der Waals surface area contributed by atoms with E-state index in [-0.39, 0.29) is 6.04 Å². The molecule has 1 rings (SSSR count). The summed E-state index contributed by atoms with van der Waals surface area (Å²) in [5.41, 5.74) is 1.01. The van der Waals surface area contributed by atoms with Crippen molar-refractivity contribution < 1.29 is 4.21 Å². The summed E-state index contributed by atoms with van der Waals surface area (Å²) in [7, 11) is -0.767. The number of rotatable bonds is 5. The Balaban J connectivity index is 2.43. The van der Waals surface area contributed by atoms with Gasteiger partial charge in [0, 0.05) is 47.8 Å². The largest absolute Gasteiger partial charge is 0.309 e. The highest BCUT2D eigenvalue weighted by molar-refractivity contribution is 7.84. The molecule has 1 aromatic heterocycles. The normalized spacial score (nSPS) is 14.9. The fourth-order valence-electron chi connectivity index (χ4n) is 1.24. The van der Waals surface area contributed by atoms with Crippen LogP contribution in [0.5, 0.6) is 0 Å². The molecule has 2 unspecified atom stereocenters. The first kappa shape index (κ1) is 12.6. The van der Waals surface area contributed by atoms with Crippen LogP contribution in [0.3, 0.4) is 0 Å². The number of hydrogen-bond donors (Lipinski definition) is 1. The van der Waals surface area contributed by atoms with E-state index < -0.39 is 10.8 Å². The van der Waals surface area contributed by atoms with Gasteiger partial charge in [-0.1, -0.05) is 11.6 Å². The van der Waals surface area contributed by atoms with Crippen molar-refractivity contribution in [1.82, 2.24) is 10.3 Å². The summed E-state index contributed by atoms with van der Waals surface area (Å²) in [5.74, 6) is 0.655. The van der Waals surface area contributed by atoms with E-state index in [4.69, 9.17) is 11.6 Å². The molecule has 0 aliphatic rings. The molecule has 0 bridgehead atoms. The molecule has 5 heteroatoms. The molecule has 0 amide bonds. The third kappa shape index (κ3) is 4.73. The van der Waals surface area contributed by atoms with Gasteiger partial charge in [0.2, 0.25) is 0 Å². The Bertz CT molecular complexity index is 346. The first-order valence-electron chi connectivity index (χ1n) is 4.71. The lowest BCUT2D eigenvalue weighted by molar-refractivity contribution is 0.587. The van der Waals surface area contributed by atoms with Crippen molar-refractivity contribution in [3.05, 3.63) is 29.0 Å². The van der Waals surface area contributed by atoms with Gasteiger partial charge in [0.05, 0.1) is 5.02 Å². The second kappa shape index (κ2) is 6.20. The maximum atomic E-state index is 11.0. The van der Waals surface area contributed by atoms with Crippen molar-refractivity contribution in [3.63, 3.8) is 0 Å².